The van der Waals surface area contributed by atoms with E-state index in [9.17, 15) is 9.90 Å². The maximum absolute atomic E-state index is 12.5. The van der Waals surface area contributed by atoms with Gasteiger partial charge in [0.25, 0.3) is 11.7 Å². The summed E-state index contributed by atoms with van der Waals surface area (Å²) < 4.78 is 6.96. The van der Waals surface area contributed by atoms with E-state index in [1.807, 2.05) is 28.8 Å². The fraction of sp³-hybridized carbons (Fsp3) is 0.120. The van der Waals surface area contributed by atoms with E-state index >= 15 is 0 Å². The molecular weight excluding hydrogens is 521 g/mol. The van der Waals surface area contributed by atoms with E-state index in [4.69, 9.17) is 27.9 Å². The third-order valence-electron chi connectivity index (χ3n) is 5.14. The topological polar surface area (TPSA) is 106 Å². The molecule has 0 radical (unpaired) electrons. The molecule has 0 unspecified atom stereocenters. The highest BCUT2D eigenvalue weighted by Gasteiger charge is 2.24. The molecule has 3 aromatic carbocycles. The summed E-state index contributed by atoms with van der Waals surface area (Å²) in [5, 5.41) is 25.2. The highest BCUT2D eigenvalue weighted by Crippen LogP contribution is 2.24. The van der Waals surface area contributed by atoms with Crippen LogP contribution in [0.5, 0.6) is 11.5 Å². The minimum atomic E-state index is -0.314. The molecule has 36 heavy (non-hydrogen) atoms. The van der Waals surface area contributed by atoms with Crippen molar-refractivity contribution >= 4 is 46.6 Å². The number of nitrogens with zero attached hydrogens (tertiary/aromatic N) is 3. The molecule has 1 heterocycles. The van der Waals surface area contributed by atoms with E-state index in [-0.39, 0.29) is 23.2 Å². The number of nitrogens with one attached hydrogen (secondary N) is 2. The summed E-state index contributed by atoms with van der Waals surface area (Å²) in [6.07, 6.45) is 0. The van der Waals surface area contributed by atoms with Crippen LogP contribution in [0.15, 0.2) is 77.0 Å². The SMILES string of the molecule is COc1cc(C(C)=NNC(=O)CSc2n[nH]c(-c3ccc(Cl)cc3)[n+]2-c2ccc(Cl)cc2)ccc1[O-]. The van der Waals surface area contributed by atoms with Crippen LogP contribution >= 0.6 is 35.0 Å². The quantitative estimate of drug-likeness (QED) is 0.149. The maximum Gasteiger partial charge on any atom is 0.342 e. The molecule has 2 N–H and O–H groups in total. The highest BCUT2D eigenvalue weighted by molar-refractivity contribution is 7.99. The Morgan fingerprint density at radius 3 is 2.44 bits per heavy atom. The number of rotatable bonds is 8. The second-order valence-corrected chi connectivity index (χ2v) is 9.38. The fourth-order valence-electron chi connectivity index (χ4n) is 3.29. The molecule has 0 fully saturated rings. The van der Waals surface area contributed by atoms with Crippen LogP contribution in [-0.2, 0) is 4.79 Å². The van der Waals surface area contributed by atoms with Crippen molar-refractivity contribution in [1.29, 1.82) is 0 Å². The monoisotopic (exact) mass is 541 g/mol. The summed E-state index contributed by atoms with van der Waals surface area (Å²) in [6, 6.07) is 19.3. The van der Waals surface area contributed by atoms with Crippen LogP contribution in [0, 0.1) is 0 Å². The van der Waals surface area contributed by atoms with Gasteiger partial charge in [-0.25, -0.2) is 5.43 Å². The largest absolute Gasteiger partial charge is 0.870 e. The number of thioether (sulfide) groups is 1. The van der Waals surface area contributed by atoms with Crippen molar-refractivity contribution in [3.63, 3.8) is 0 Å². The molecular formula is C25H21Cl2N5O3S. The molecule has 0 bridgehead atoms. The number of carbonyl (C=O) groups is 1. The Morgan fingerprint density at radius 2 is 1.78 bits per heavy atom. The van der Waals surface area contributed by atoms with E-state index in [1.165, 1.54) is 24.9 Å². The first-order valence-electron chi connectivity index (χ1n) is 10.7. The number of hydrogen-bond acceptors (Lipinski definition) is 6. The lowest BCUT2D eigenvalue weighted by Crippen LogP contribution is -2.34. The number of aromatic amines is 1. The molecule has 11 heteroatoms. The summed E-state index contributed by atoms with van der Waals surface area (Å²) in [5.41, 5.74) is 5.44. The summed E-state index contributed by atoms with van der Waals surface area (Å²) in [7, 11) is 1.43. The Kier molecular flexibility index (Phi) is 8.14. The van der Waals surface area contributed by atoms with Gasteiger partial charge in [-0.05, 0) is 73.3 Å². The van der Waals surface area contributed by atoms with Crippen molar-refractivity contribution in [3.8, 4) is 28.6 Å². The Bertz CT molecular complexity index is 1410. The molecule has 0 aliphatic heterocycles. The molecule has 1 amide bonds. The Morgan fingerprint density at radius 1 is 1.11 bits per heavy atom. The molecule has 0 saturated carbocycles. The lowest BCUT2D eigenvalue weighted by molar-refractivity contribution is -0.625. The first kappa shape index (κ1) is 25.6. The Balaban J connectivity index is 1.51. The minimum Gasteiger partial charge on any atom is -0.870 e. The summed E-state index contributed by atoms with van der Waals surface area (Å²) in [6.45, 7) is 1.73. The Labute approximate surface area is 221 Å². The van der Waals surface area contributed by atoms with Gasteiger partial charge in [-0.1, -0.05) is 41.1 Å². The molecule has 0 aliphatic rings. The smallest absolute Gasteiger partial charge is 0.342 e. The van der Waals surface area contributed by atoms with E-state index < -0.39 is 0 Å². The second-order valence-electron chi connectivity index (χ2n) is 7.56. The number of hydrogen-bond donors (Lipinski definition) is 2. The molecule has 0 atom stereocenters. The van der Waals surface area contributed by atoms with Crippen LogP contribution in [0.2, 0.25) is 10.0 Å². The van der Waals surface area contributed by atoms with Crippen LogP contribution in [0.4, 0.5) is 0 Å². The van der Waals surface area contributed by atoms with Crippen molar-refractivity contribution in [2.45, 2.75) is 12.1 Å². The van der Waals surface area contributed by atoms with Gasteiger partial charge in [0.05, 0.1) is 29.2 Å². The molecule has 0 spiro atoms. The molecule has 1 aromatic heterocycles. The predicted molar refractivity (Wildman–Crippen MR) is 139 cm³/mol. The number of H-pyrrole nitrogens is 1. The number of benzene rings is 3. The normalized spacial score (nSPS) is 11.4. The first-order valence-corrected chi connectivity index (χ1v) is 12.4. The second kappa shape index (κ2) is 11.5. The van der Waals surface area contributed by atoms with Gasteiger partial charge < -0.3 is 9.84 Å². The third-order valence-corrected chi connectivity index (χ3v) is 6.58. The fourth-order valence-corrected chi connectivity index (χ4v) is 4.30. The summed E-state index contributed by atoms with van der Waals surface area (Å²) in [5.74, 6) is 0.469. The van der Waals surface area contributed by atoms with Gasteiger partial charge in [0.1, 0.15) is 11.4 Å². The Hall–Kier alpha value is -3.53. The number of halogens is 2. The van der Waals surface area contributed by atoms with E-state index in [2.05, 4.69) is 20.7 Å². The third kappa shape index (κ3) is 5.99. The van der Waals surface area contributed by atoms with Gasteiger partial charge >= 0.3 is 5.16 Å². The maximum atomic E-state index is 12.5. The molecule has 0 saturated heterocycles. The lowest BCUT2D eigenvalue weighted by Gasteiger charge is -2.13. The molecule has 8 nitrogen and oxygen atoms in total. The summed E-state index contributed by atoms with van der Waals surface area (Å²) >= 11 is 13.4. The molecule has 184 valence electrons. The van der Waals surface area contributed by atoms with E-state index in [0.29, 0.717) is 26.5 Å². The predicted octanol–water partition coefficient (Wildman–Crippen LogP) is 4.37. The van der Waals surface area contributed by atoms with Crippen molar-refractivity contribution in [2.75, 3.05) is 12.9 Å². The number of amides is 1. The number of hydrazone groups is 1. The van der Waals surface area contributed by atoms with Crippen LogP contribution in [0.1, 0.15) is 12.5 Å². The number of carbonyl (C=O) groups excluding carboxylic acids is 1. The van der Waals surface area contributed by atoms with Gasteiger partial charge in [-0.2, -0.15) is 9.67 Å². The zero-order chi connectivity index (χ0) is 25.7. The van der Waals surface area contributed by atoms with Crippen molar-refractivity contribution in [1.82, 2.24) is 15.6 Å². The van der Waals surface area contributed by atoms with Gasteiger partial charge in [0.2, 0.25) is 0 Å². The molecule has 4 aromatic rings. The van der Waals surface area contributed by atoms with Crippen molar-refractivity contribution in [2.24, 2.45) is 5.10 Å². The van der Waals surface area contributed by atoms with Crippen molar-refractivity contribution in [3.05, 3.63) is 82.3 Å². The zero-order valence-electron chi connectivity index (χ0n) is 19.3. The number of ether oxygens (including phenoxy) is 1. The average Bonchev–Trinajstić information content (AvgIpc) is 3.31. The molecule has 0 aliphatic carbocycles. The molecule has 4 rings (SSSR count). The summed E-state index contributed by atoms with van der Waals surface area (Å²) in [4.78, 5) is 12.5. The highest BCUT2D eigenvalue weighted by atomic mass is 35.5. The van der Waals surface area contributed by atoms with Crippen LogP contribution in [-0.4, -0.2) is 34.7 Å². The lowest BCUT2D eigenvalue weighted by atomic mass is 10.1. The average molecular weight is 542 g/mol. The van der Waals surface area contributed by atoms with E-state index in [0.717, 1.165) is 17.1 Å². The van der Waals surface area contributed by atoms with Crippen LogP contribution in [0.25, 0.3) is 17.1 Å². The zero-order valence-corrected chi connectivity index (χ0v) is 21.6. The van der Waals surface area contributed by atoms with E-state index in [1.54, 1.807) is 43.3 Å². The number of methoxy groups -OCH3 is 1. The van der Waals surface area contributed by atoms with Crippen LogP contribution in [0.3, 0.4) is 0 Å². The minimum absolute atomic E-state index is 0.0676. The van der Waals surface area contributed by atoms with Gasteiger partial charge in [0.15, 0.2) is 0 Å². The van der Waals surface area contributed by atoms with Crippen molar-refractivity contribution < 1.29 is 19.2 Å². The first-order chi connectivity index (χ1) is 17.4. The van der Waals surface area contributed by atoms with Crippen LogP contribution < -0.4 is 19.8 Å². The van der Waals surface area contributed by atoms with Gasteiger partial charge in [-0.3, -0.25) is 4.79 Å². The van der Waals surface area contributed by atoms with Gasteiger partial charge in [-0.15, -0.1) is 5.10 Å². The van der Waals surface area contributed by atoms with Gasteiger partial charge in [0, 0.05) is 15.6 Å². The standard InChI is InChI=1S/C25H21Cl2N5O3S/c1-15(17-5-12-21(33)22(13-17)35-2)28-29-23(34)14-36-25-31-30-24(16-3-6-18(26)7-4-16)32(25)20-10-8-19(27)9-11-20/h3-13H,14H2,1-2H3,(H2,28,29,33,34). The number of aromatic nitrogens is 3.